The van der Waals surface area contributed by atoms with Crippen LogP contribution in [0.15, 0.2) is 18.6 Å². The Morgan fingerprint density at radius 1 is 1.12 bits per heavy atom. The van der Waals surface area contributed by atoms with Crippen molar-refractivity contribution in [1.82, 2.24) is 19.9 Å². The van der Waals surface area contributed by atoms with Gasteiger partial charge in [-0.1, -0.05) is 0 Å². The highest BCUT2D eigenvalue weighted by molar-refractivity contribution is 5.53. The molecule has 0 atom stereocenters. The molecule has 136 valence electrons. The molecule has 6 nitrogen and oxygen atoms in total. The Kier molecular flexibility index (Phi) is 3.80. The van der Waals surface area contributed by atoms with Gasteiger partial charge >= 0.3 is 0 Å². The smallest absolute Gasteiger partial charge is 0.147 e. The number of piperidine rings is 1. The zero-order chi connectivity index (χ0) is 17.6. The Hall–Kier alpha value is -2.24. The van der Waals surface area contributed by atoms with Gasteiger partial charge in [-0.3, -0.25) is 4.98 Å². The number of aromatic nitrogens is 4. The van der Waals surface area contributed by atoms with Crippen LogP contribution in [-0.2, 0) is 11.8 Å². The summed E-state index contributed by atoms with van der Waals surface area (Å²) in [6.07, 6.45) is 13.8. The van der Waals surface area contributed by atoms with Gasteiger partial charge in [-0.05, 0) is 51.9 Å². The Morgan fingerprint density at radius 2 is 1.96 bits per heavy atom. The average molecular weight is 350 g/mol. The monoisotopic (exact) mass is 350 g/mol. The average Bonchev–Trinajstić information content (AvgIpc) is 2.98. The SMILES string of the molecule is Cc1nc(NC2CCC2)c2c(n1)C1(CC2)CCN(c2cnccn2)CC1. The molecule has 6 heteroatoms. The Bertz CT molecular complexity index is 793. The third kappa shape index (κ3) is 2.63. The number of fused-ring (bicyclic) bond motifs is 2. The highest BCUT2D eigenvalue weighted by atomic mass is 15.2. The largest absolute Gasteiger partial charge is 0.367 e. The summed E-state index contributed by atoms with van der Waals surface area (Å²) in [4.78, 5) is 20.7. The zero-order valence-corrected chi connectivity index (χ0v) is 15.4. The van der Waals surface area contributed by atoms with E-state index in [4.69, 9.17) is 9.97 Å². The molecule has 0 radical (unpaired) electrons. The lowest BCUT2D eigenvalue weighted by molar-refractivity contribution is 0.321. The third-order valence-electron chi connectivity index (χ3n) is 6.51. The number of hydrogen-bond acceptors (Lipinski definition) is 6. The zero-order valence-electron chi connectivity index (χ0n) is 15.4. The molecular formula is C20H26N6. The molecule has 0 aromatic carbocycles. The summed E-state index contributed by atoms with van der Waals surface area (Å²) in [7, 11) is 0. The van der Waals surface area contributed by atoms with Crippen molar-refractivity contribution < 1.29 is 0 Å². The molecule has 0 bridgehead atoms. The minimum Gasteiger partial charge on any atom is -0.367 e. The Morgan fingerprint density at radius 3 is 2.65 bits per heavy atom. The molecule has 1 N–H and O–H groups in total. The predicted molar refractivity (Wildman–Crippen MR) is 102 cm³/mol. The van der Waals surface area contributed by atoms with Gasteiger partial charge < -0.3 is 10.2 Å². The third-order valence-corrected chi connectivity index (χ3v) is 6.51. The van der Waals surface area contributed by atoms with Crippen LogP contribution in [0, 0.1) is 6.92 Å². The summed E-state index contributed by atoms with van der Waals surface area (Å²) >= 11 is 0. The van der Waals surface area contributed by atoms with E-state index < -0.39 is 0 Å². The molecule has 2 fully saturated rings. The maximum Gasteiger partial charge on any atom is 0.147 e. The van der Waals surface area contributed by atoms with Crippen molar-refractivity contribution in [2.24, 2.45) is 0 Å². The van der Waals surface area contributed by atoms with Gasteiger partial charge in [-0.25, -0.2) is 15.0 Å². The van der Waals surface area contributed by atoms with Crippen LogP contribution in [0.3, 0.4) is 0 Å². The van der Waals surface area contributed by atoms with E-state index in [2.05, 4.69) is 20.2 Å². The van der Waals surface area contributed by atoms with Crippen LogP contribution in [0.1, 0.15) is 55.6 Å². The summed E-state index contributed by atoms with van der Waals surface area (Å²) in [6.45, 7) is 4.08. The lowest BCUT2D eigenvalue weighted by Crippen LogP contribution is -2.42. The molecular weight excluding hydrogens is 324 g/mol. The fourth-order valence-corrected chi connectivity index (χ4v) is 4.72. The number of nitrogens with zero attached hydrogens (tertiary/aromatic N) is 5. The van der Waals surface area contributed by atoms with Crippen molar-refractivity contribution in [3.63, 3.8) is 0 Å². The van der Waals surface area contributed by atoms with Crippen molar-refractivity contribution in [3.05, 3.63) is 35.7 Å². The highest BCUT2D eigenvalue weighted by Gasteiger charge is 2.44. The van der Waals surface area contributed by atoms with Crippen molar-refractivity contribution in [2.45, 2.75) is 63.3 Å². The fraction of sp³-hybridized carbons (Fsp3) is 0.600. The van der Waals surface area contributed by atoms with Crippen molar-refractivity contribution in [2.75, 3.05) is 23.3 Å². The van der Waals surface area contributed by atoms with E-state index in [0.29, 0.717) is 6.04 Å². The van der Waals surface area contributed by atoms with Crippen molar-refractivity contribution in [1.29, 1.82) is 0 Å². The number of aryl methyl sites for hydroxylation is 1. The van der Waals surface area contributed by atoms with Gasteiger partial charge in [0.05, 0.1) is 11.9 Å². The molecule has 2 aromatic heterocycles. The lowest BCUT2D eigenvalue weighted by atomic mass is 9.76. The van der Waals surface area contributed by atoms with Gasteiger partial charge in [0.25, 0.3) is 0 Å². The van der Waals surface area contributed by atoms with Gasteiger partial charge in [0.1, 0.15) is 17.5 Å². The van der Waals surface area contributed by atoms with E-state index in [-0.39, 0.29) is 5.41 Å². The molecule has 26 heavy (non-hydrogen) atoms. The molecule has 2 aromatic rings. The van der Waals surface area contributed by atoms with Gasteiger partial charge in [0, 0.05) is 42.5 Å². The molecule has 1 spiro atoms. The predicted octanol–water partition coefficient (Wildman–Crippen LogP) is 3.02. The van der Waals surface area contributed by atoms with Crippen LogP contribution in [-0.4, -0.2) is 39.1 Å². The lowest BCUT2D eigenvalue weighted by Gasteiger charge is -2.40. The molecule has 0 unspecified atom stereocenters. The van der Waals surface area contributed by atoms with Gasteiger partial charge in [0.15, 0.2) is 0 Å². The summed E-state index contributed by atoms with van der Waals surface area (Å²) in [5.74, 6) is 3.01. The van der Waals surface area contributed by atoms with Crippen LogP contribution >= 0.6 is 0 Å². The number of rotatable bonds is 3. The quantitative estimate of drug-likeness (QED) is 0.918. The normalized spacial score (nSPS) is 21.5. The molecule has 1 saturated heterocycles. The van der Waals surface area contributed by atoms with Gasteiger partial charge in [0.2, 0.25) is 0 Å². The maximum absolute atomic E-state index is 4.94. The van der Waals surface area contributed by atoms with Crippen LogP contribution in [0.25, 0.3) is 0 Å². The second-order valence-corrected chi connectivity index (χ2v) is 8.05. The minimum atomic E-state index is 0.220. The van der Waals surface area contributed by atoms with Crippen LogP contribution in [0.4, 0.5) is 11.6 Å². The first kappa shape index (κ1) is 16.0. The molecule has 1 saturated carbocycles. The summed E-state index contributed by atoms with van der Waals surface area (Å²) in [5.41, 5.74) is 2.93. The molecule has 0 amide bonds. The minimum absolute atomic E-state index is 0.220. The van der Waals surface area contributed by atoms with E-state index in [1.165, 1.54) is 36.9 Å². The highest BCUT2D eigenvalue weighted by Crippen LogP contribution is 2.47. The number of anilines is 2. The summed E-state index contributed by atoms with van der Waals surface area (Å²) in [5, 5.41) is 3.70. The second kappa shape index (κ2) is 6.18. The first-order valence-electron chi connectivity index (χ1n) is 9.89. The van der Waals surface area contributed by atoms with Crippen LogP contribution in [0.2, 0.25) is 0 Å². The van der Waals surface area contributed by atoms with Gasteiger partial charge in [-0.2, -0.15) is 0 Å². The molecule has 3 aliphatic rings. The van der Waals surface area contributed by atoms with Crippen LogP contribution < -0.4 is 10.2 Å². The Balaban J connectivity index is 1.40. The second-order valence-electron chi connectivity index (χ2n) is 8.05. The first-order valence-corrected chi connectivity index (χ1v) is 9.89. The van der Waals surface area contributed by atoms with E-state index in [9.17, 15) is 0 Å². The van der Waals surface area contributed by atoms with Crippen molar-refractivity contribution in [3.8, 4) is 0 Å². The molecule has 2 aliphatic carbocycles. The van der Waals surface area contributed by atoms with E-state index >= 15 is 0 Å². The number of hydrogen-bond donors (Lipinski definition) is 1. The standard InChI is InChI=1S/C20H26N6/c1-14-23-18-16(19(24-14)25-15-3-2-4-15)5-6-20(18)7-11-26(12-8-20)17-13-21-9-10-22-17/h9-10,13,15H,2-8,11-12H2,1H3,(H,23,24,25). The fourth-order valence-electron chi connectivity index (χ4n) is 4.72. The van der Waals surface area contributed by atoms with E-state index in [0.717, 1.165) is 49.8 Å². The number of nitrogens with one attached hydrogen (secondary N) is 1. The molecule has 3 heterocycles. The van der Waals surface area contributed by atoms with Crippen LogP contribution in [0.5, 0.6) is 0 Å². The maximum atomic E-state index is 4.94. The molecule has 1 aliphatic heterocycles. The topological polar surface area (TPSA) is 66.8 Å². The molecule has 5 rings (SSSR count). The van der Waals surface area contributed by atoms with E-state index in [1.54, 1.807) is 12.4 Å². The van der Waals surface area contributed by atoms with Crippen molar-refractivity contribution >= 4 is 11.6 Å². The summed E-state index contributed by atoms with van der Waals surface area (Å²) in [6, 6.07) is 0.614. The van der Waals surface area contributed by atoms with E-state index in [1.807, 2.05) is 13.1 Å². The Labute approximate surface area is 154 Å². The first-order chi connectivity index (χ1) is 12.7. The van der Waals surface area contributed by atoms with Gasteiger partial charge in [-0.15, -0.1) is 0 Å². The summed E-state index contributed by atoms with van der Waals surface area (Å²) < 4.78 is 0.